The minimum absolute atomic E-state index is 0.231. The van der Waals surface area contributed by atoms with Gasteiger partial charge in [-0.15, -0.1) is 0 Å². The fraction of sp³-hybridized carbons (Fsp3) is 0.619. The molecule has 0 amide bonds. The molecule has 134 valence electrons. The number of hydrogen-bond donors (Lipinski definition) is 1. The normalized spacial score (nSPS) is 10.5. The lowest BCUT2D eigenvalue weighted by Crippen LogP contribution is -2.35. The molecule has 0 spiro atoms. The molecule has 0 bridgehead atoms. The van der Waals surface area contributed by atoms with Crippen molar-refractivity contribution in [1.82, 2.24) is 5.32 Å². The van der Waals surface area contributed by atoms with Gasteiger partial charge in [0.05, 0.1) is 7.11 Å². The first-order chi connectivity index (χ1) is 11.0. The fourth-order valence-corrected chi connectivity index (χ4v) is 1.98. The van der Waals surface area contributed by atoms with Gasteiger partial charge in [-0.1, -0.05) is 51.5 Å². The monoisotopic (exact) mass is 321 g/mol. The van der Waals surface area contributed by atoms with Crippen molar-refractivity contribution in [3.05, 3.63) is 35.4 Å². The van der Waals surface area contributed by atoms with E-state index < -0.39 is 0 Å². The molecule has 2 heteroatoms. The fourth-order valence-electron chi connectivity index (χ4n) is 1.98. The first-order valence-electron chi connectivity index (χ1n) is 8.98. The summed E-state index contributed by atoms with van der Waals surface area (Å²) in [5, 5.41) is 3.33. The molecule has 0 aliphatic heterocycles. The third-order valence-electron chi connectivity index (χ3n) is 3.53. The second-order valence-electron chi connectivity index (χ2n) is 5.67. The molecule has 0 aliphatic rings. The minimum atomic E-state index is 0.231. The van der Waals surface area contributed by atoms with Gasteiger partial charge >= 0.3 is 0 Å². The number of hydrogen-bond acceptors (Lipinski definition) is 2. The Kier molecular flexibility index (Phi) is 14.9. The van der Waals surface area contributed by atoms with Crippen LogP contribution in [0.5, 0.6) is 5.75 Å². The Morgan fingerprint density at radius 1 is 1.13 bits per heavy atom. The van der Waals surface area contributed by atoms with Crippen LogP contribution in [0.2, 0.25) is 0 Å². The van der Waals surface area contributed by atoms with Crippen LogP contribution in [0, 0.1) is 6.92 Å². The molecular weight excluding hydrogens is 282 g/mol. The van der Waals surface area contributed by atoms with E-state index in [2.05, 4.69) is 50.4 Å². The summed E-state index contributed by atoms with van der Waals surface area (Å²) in [7, 11) is 3.74. The maximum absolute atomic E-state index is 5.37. The van der Waals surface area contributed by atoms with Gasteiger partial charge in [-0.25, -0.2) is 0 Å². The van der Waals surface area contributed by atoms with Crippen molar-refractivity contribution < 1.29 is 4.74 Å². The van der Waals surface area contributed by atoms with Gasteiger partial charge in [-0.2, -0.15) is 0 Å². The smallest absolute Gasteiger partial charge is 0.126 e. The van der Waals surface area contributed by atoms with Gasteiger partial charge < -0.3 is 10.1 Å². The SMILES string of the molecule is CC.CC.CNC(C)(C)CCC/C=C/c1cc(C)ccc1OC. The van der Waals surface area contributed by atoms with Crippen molar-refractivity contribution >= 4 is 6.08 Å². The van der Waals surface area contributed by atoms with Gasteiger partial charge in [-0.05, 0) is 59.2 Å². The zero-order chi connectivity index (χ0) is 18.3. The lowest BCUT2D eigenvalue weighted by molar-refractivity contribution is 0.383. The van der Waals surface area contributed by atoms with Gasteiger partial charge in [0.2, 0.25) is 0 Å². The average molecular weight is 322 g/mol. The van der Waals surface area contributed by atoms with Crippen molar-refractivity contribution in [2.24, 2.45) is 0 Å². The lowest BCUT2D eigenvalue weighted by Gasteiger charge is -2.23. The Morgan fingerprint density at radius 2 is 1.74 bits per heavy atom. The first kappa shape index (κ1) is 24.0. The Hall–Kier alpha value is -1.28. The highest BCUT2D eigenvalue weighted by Gasteiger charge is 2.12. The van der Waals surface area contributed by atoms with E-state index in [-0.39, 0.29) is 5.54 Å². The van der Waals surface area contributed by atoms with E-state index >= 15 is 0 Å². The summed E-state index contributed by atoms with van der Waals surface area (Å²) >= 11 is 0. The third-order valence-corrected chi connectivity index (χ3v) is 3.53. The number of methoxy groups -OCH3 is 1. The maximum Gasteiger partial charge on any atom is 0.126 e. The van der Waals surface area contributed by atoms with Crippen LogP contribution in [0.1, 0.15) is 71.9 Å². The Balaban J connectivity index is 0. The predicted octanol–water partition coefficient (Wildman–Crippen LogP) is 6.24. The van der Waals surface area contributed by atoms with Crippen LogP contribution >= 0.6 is 0 Å². The molecule has 0 unspecified atom stereocenters. The van der Waals surface area contributed by atoms with Crippen molar-refractivity contribution in [3.8, 4) is 5.75 Å². The summed E-state index contributed by atoms with van der Waals surface area (Å²) in [5.41, 5.74) is 2.65. The van der Waals surface area contributed by atoms with E-state index in [0.717, 1.165) is 17.7 Å². The number of rotatable bonds is 7. The van der Waals surface area contributed by atoms with Crippen molar-refractivity contribution in [3.63, 3.8) is 0 Å². The number of unbranched alkanes of at least 4 members (excludes halogenated alkanes) is 1. The van der Waals surface area contributed by atoms with E-state index in [0.29, 0.717) is 0 Å². The standard InChI is InChI=1S/C17H27NO.2C2H6/c1-14-10-11-16(19-5)15(13-14)9-7-6-8-12-17(2,3)18-4;2*1-2/h7,9-11,13,18H,6,8,12H2,1-5H3;2*1-2H3/b9-7+;;. The molecule has 0 saturated carbocycles. The Morgan fingerprint density at radius 3 is 2.26 bits per heavy atom. The summed E-state index contributed by atoms with van der Waals surface area (Å²) in [6.07, 6.45) is 7.88. The average Bonchev–Trinajstić information content (AvgIpc) is 2.58. The second kappa shape index (κ2) is 14.3. The van der Waals surface area contributed by atoms with E-state index in [1.54, 1.807) is 7.11 Å². The predicted molar refractivity (Wildman–Crippen MR) is 106 cm³/mol. The Labute approximate surface area is 145 Å². The molecule has 0 aliphatic carbocycles. The number of nitrogens with one attached hydrogen (secondary N) is 1. The van der Waals surface area contributed by atoms with Gasteiger partial charge in [0.25, 0.3) is 0 Å². The van der Waals surface area contributed by atoms with E-state index in [9.17, 15) is 0 Å². The van der Waals surface area contributed by atoms with Crippen LogP contribution in [0.15, 0.2) is 24.3 Å². The molecule has 23 heavy (non-hydrogen) atoms. The molecule has 0 aromatic heterocycles. The molecule has 0 fully saturated rings. The molecule has 2 nitrogen and oxygen atoms in total. The van der Waals surface area contributed by atoms with Gasteiger partial charge in [0.15, 0.2) is 0 Å². The number of benzene rings is 1. The van der Waals surface area contributed by atoms with Crippen LogP contribution in [-0.4, -0.2) is 19.7 Å². The van der Waals surface area contributed by atoms with Crippen molar-refractivity contribution in [2.75, 3.05) is 14.2 Å². The number of ether oxygens (including phenoxy) is 1. The zero-order valence-corrected chi connectivity index (χ0v) is 16.9. The summed E-state index contributed by atoms with van der Waals surface area (Å²) in [5.74, 6) is 0.942. The Bertz CT molecular complexity index is 422. The summed E-state index contributed by atoms with van der Waals surface area (Å²) in [6.45, 7) is 14.6. The highest BCUT2D eigenvalue weighted by molar-refractivity contribution is 5.58. The molecule has 1 rings (SSSR count). The summed E-state index contributed by atoms with van der Waals surface area (Å²) in [6, 6.07) is 6.26. The lowest BCUT2D eigenvalue weighted by atomic mass is 9.97. The number of aryl methyl sites for hydroxylation is 1. The van der Waals surface area contributed by atoms with Gasteiger partial charge in [0.1, 0.15) is 5.75 Å². The maximum atomic E-state index is 5.37. The highest BCUT2D eigenvalue weighted by atomic mass is 16.5. The molecule has 0 radical (unpaired) electrons. The van der Waals surface area contributed by atoms with Crippen LogP contribution < -0.4 is 10.1 Å². The molecule has 1 N–H and O–H groups in total. The number of allylic oxidation sites excluding steroid dienone is 1. The van der Waals surface area contributed by atoms with E-state index in [1.165, 1.54) is 18.4 Å². The van der Waals surface area contributed by atoms with Crippen molar-refractivity contribution in [1.29, 1.82) is 0 Å². The summed E-state index contributed by atoms with van der Waals surface area (Å²) in [4.78, 5) is 0. The van der Waals surface area contributed by atoms with Crippen molar-refractivity contribution in [2.45, 2.75) is 73.3 Å². The molecule has 1 aromatic rings. The van der Waals surface area contributed by atoms with Gasteiger partial charge in [-0.3, -0.25) is 0 Å². The van der Waals surface area contributed by atoms with Crippen LogP contribution in [0.25, 0.3) is 6.08 Å². The zero-order valence-electron chi connectivity index (χ0n) is 16.9. The third kappa shape index (κ3) is 11.0. The highest BCUT2D eigenvalue weighted by Crippen LogP contribution is 2.21. The topological polar surface area (TPSA) is 21.3 Å². The first-order valence-corrected chi connectivity index (χ1v) is 8.98. The summed E-state index contributed by atoms with van der Waals surface area (Å²) < 4.78 is 5.37. The van der Waals surface area contributed by atoms with E-state index in [1.807, 2.05) is 40.8 Å². The van der Waals surface area contributed by atoms with Crippen LogP contribution in [0.4, 0.5) is 0 Å². The van der Waals surface area contributed by atoms with Crippen LogP contribution in [0.3, 0.4) is 0 Å². The van der Waals surface area contributed by atoms with Gasteiger partial charge in [0, 0.05) is 11.1 Å². The molecule has 1 aromatic carbocycles. The molecule has 0 saturated heterocycles. The molecule has 0 heterocycles. The minimum Gasteiger partial charge on any atom is -0.496 e. The molecular formula is C21H39NO. The quantitative estimate of drug-likeness (QED) is 0.600. The molecule has 0 atom stereocenters. The second-order valence-corrected chi connectivity index (χ2v) is 5.67. The largest absolute Gasteiger partial charge is 0.496 e. The van der Waals surface area contributed by atoms with E-state index in [4.69, 9.17) is 4.74 Å². The van der Waals surface area contributed by atoms with Crippen LogP contribution in [-0.2, 0) is 0 Å².